The number of aryl methyl sites for hydroxylation is 1. The number of piperidine rings is 1. The standard InChI is InChI=1S/C18H21N7O/c1-14-3-4-18(26)25(22-14)13-15-5-9-23(10-6-15)16-11-19-12-17(21-16)24-8-2-7-20-24/h2-4,7-8,11-12,15H,5-6,9-10,13H2,1H3. The second-order valence-electron chi connectivity index (χ2n) is 6.61. The van der Waals surface area contributed by atoms with Crippen molar-refractivity contribution in [3.05, 3.63) is 59.0 Å². The smallest absolute Gasteiger partial charge is 0.266 e. The van der Waals surface area contributed by atoms with Gasteiger partial charge < -0.3 is 4.90 Å². The normalized spacial score (nSPS) is 15.3. The third-order valence-electron chi connectivity index (χ3n) is 4.72. The summed E-state index contributed by atoms with van der Waals surface area (Å²) in [6, 6.07) is 5.21. The third-order valence-corrected chi connectivity index (χ3v) is 4.72. The van der Waals surface area contributed by atoms with E-state index in [9.17, 15) is 4.79 Å². The molecule has 1 aliphatic heterocycles. The maximum absolute atomic E-state index is 11.9. The first-order valence-corrected chi connectivity index (χ1v) is 8.81. The van der Waals surface area contributed by atoms with Gasteiger partial charge in [0, 0.05) is 38.1 Å². The topological polar surface area (TPSA) is 81.7 Å². The molecule has 3 aromatic rings. The fourth-order valence-corrected chi connectivity index (χ4v) is 3.28. The number of hydrogen-bond donors (Lipinski definition) is 0. The summed E-state index contributed by atoms with van der Waals surface area (Å²) in [5.41, 5.74) is 0.837. The first-order valence-electron chi connectivity index (χ1n) is 8.81. The van der Waals surface area contributed by atoms with E-state index in [1.807, 2.05) is 19.2 Å². The number of aromatic nitrogens is 6. The molecule has 0 N–H and O–H groups in total. The van der Waals surface area contributed by atoms with Crippen molar-refractivity contribution in [3.63, 3.8) is 0 Å². The molecule has 0 radical (unpaired) electrons. The van der Waals surface area contributed by atoms with Crippen molar-refractivity contribution in [3.8, 4) is 5.82 Å². The van der Waals surface area contributed by atoms with E-state index in [2.05, 4.69) is 25.1 Å². The van der Waals surface area contributed by atoms with Gasteiger partial charge in [-0.1, -0.05) is 0 Å². The van der Waals surface area contributed by atoms with Crippen molar-refractivity contribution in [1.82, 2.24) is 29.5 Å². The molecule has 8 heteroatoms. The molecule has 0 amide bonds. The van der Waals surface area contributed by atoms with E-state index >= 15 is 0 Å². The Bertz CT molecular complexity index is 927. The summed E-state index contributed by atoms with van der Waals surface area (Å²) in [5, 5.41) is 8.55. The van der Waals surface area contributed by atoms with Crippen LogP contribution in [0.25, 0.3) is 5.82 Å². The Balaban J connectivity index is 1.42. The Morgan fingerprint density at radius 1 is 1.15 bits per heavy atom. The SMILES string of the molecule is Cc1ccc(=O)n(CC2CCN(c3cncc(-n4cccn4)n3)CC2)n1. The summed E-state index contributed by atoms with van der Waals surface area (Å²) < 4.78 is 3.30. The van der Waals surface area contributed by atoms with Gasteiger partial charge in [0.05, 0.1) is 18.1 Å². The molecule has 0 saturated carbocycles. The number of hydrogen-bond acceptors (Lipinski definition) is 6. The number of nitrogens with zero attached hydrogens (tertiary/aromatic N) is 7. The molecular formula is C18H21N7O. The van der Waals surface area contributed by atoms with Gasteiger partial charge in [0.2, 0.25) is 0 Å². The average molecular weight is 351 g/mol. The fourth-order valence-electron chi connectivity index (χ4n) is 3.28. The van der Waals surface area contributed by atoms with Gasteiger partial charge in [-0.3, -0.25) is 9.78 Å². The molecule has 26 heavy (non-hydrogen) atoms. The van der Waals surface area contributed by atoms with Crippen LogP contribution in [0.15, 0.2) is 47.8 Å². The quantitative estimate of drug-likeness (QED) is 0.707. The highest BCUT2D eigenvalue weighted by atomic mass is 16.1. The molecule has 3 aromatic heterocycles. The minimum atomic E-state index is -0.0316. The van der Waals surface area contributed by atoms with Gasteiger partial charge in [-0.25, -0.2) is 14.3 Å². The summed E-state index contributed by atoms with van der Waals surface area (Å²) in [6.07, 6.45) is 9.07. The lowest BCUT2D eigenvalue weighted by molar-refractivity contribution is 0.333. The molecule has 4 heterocycles. The Morgan fingerprint density at radius 3 is 2.73 bits per heavy atom. The highest BCUT2D eigenvalue weighted by molar-refractivity contribution is 5.39. The molecule has 1 saturated heterocycles. The van der Waals surface area contributed by atoms with Crippen molar-refractivity contribution < 1.29 is 0 Å². The monoisotopic (exact) mass is 351 g/mol. The van der Waals surface area contributed by atoms with E-state index in [-0.39, 0.29) is 5.56 Å². The lowest BCUT2D eigenvalue weighted by atomic mass is 9.97. The van der Waals surface area contributed by atoms with E-state index in [1.54, 1.807) is 40.1 Å². The molecule has 0 atom stereocenters. The van der Waals surface area contributed by atoms with Crippen LogP contribution >= 0.6 is 0 Å². The van der Waals surface area contributed by atoms with E-state index in [0.29, 0.717) is 18.3 Å². The highest BCUT2D eigenvalue weighted by Gasteiger charge is 2.21. The Morgan fingerprint density at radius 2 is 1.96 bits per heavy atom. The zero-order chi connectivity index (χ0) is 17.9. The molecule has 1 aliphatic rings. The van der Waals surface area contributed by atoms with Gasteiger partial charge in [0.15, 0.2) is 5.82 Å². The minimum absolute atomic E-state index is 0.0316. The molecule has 0 aliphatic carbocycles. The predicted octanol–water partition coefficient (Wildman–Crippen LogP) is 1.44. The van der Waals surface area contributed by atoms with Crippen molar-refractivity contribution in [2.75, 3.05) is 18.0 Å². The van der Waals surface area contributed by atoms with Gasteiger partial charge >= 0.3 is 0 Å². The maximum atomic E-state index is 11.9. The fraction of sp³-hybridized carbons (Fsp3) is 0.389. The van der Waals surface area contributed by atoms with Gasteiger partial charge in [-0.15, -0.1) is 0 Å². The zero-order valence-electron chi connectivity index (χ0n) is 14.7. The summed E-state index contributed by atoms with van der Waals surface area (Å²) >= 11 is 0. The summed E-state index contributed by atoms with van der Waals surface area (Å²) in [4.78, 5) is 23.2. The van der Waals surface area contributed by atoms with E-state index in [0.717, 1.165) is 37.4 Å². The highest BCUT2D eigenvalue weighted by Crippen LogP contribution is 2.22. The molecule has 134 valence electrons. The summed E-state index contributed by atoms with van der Waals surface area (Å²) in [7, 11) is 0. The second kappa shape index (κ2) is 7.07. The first-order chi connectivity index (χ1) is 12.7. The predicted molar refractivity (Wildman–Crippen MR) is 97.3 cm³/mol. The largest absolute Gasteiger partial charge is 0.355 e. The van der Waals surface area contributed by atoms with Crippen LogP contribution in [0.2, 0.25) is 0 Å². The molecular weight excluding hydrogens is 330 g/mol. The molecule has 8 nitrogen and oxygen atoms in total. The van der Waals surface area contributed by atoms with Crippen LogP contribution in [-0.4, -0.2) is 42.6 Å². The summed E-state index contributed by atoms with van der Waals surface area (Å²) in [5.74, 6) is 2.02. The summed E-state index contributed by atoms with van der Waals surface area (Å²) in [6.45, 7) is 4.36. The average Bonchev–Trinajstić information content (AvgIpc) is 3.20. The Hall–Kier alpha value is -3.03. The van der Waals surface area contributed by atoms with Gasteiger partial charge in [0.25, 0.3) is 5.56 Å². The molecule has 1 fully saturated rings. The number of anilines is 1. The van der Waals surface area contributed by atoms with Gasteiger partial charge in [-0.2, -0.15) is 10.2 Å². The zero-order valence-corrected chi connectivity index (χ0v) is 14.7. The van der Waals surface area contributed by atoms with Gasteiger partial charge in [-0.05, 0) is 37.8 Å². The molecule has 0 spiro atoms. The third kappa shape index (κ3) is 3.49. The van der Waals surface area contributed by atoms with E-state index < -0.39 is 0 Å². The minimum Gasteiger partial charge on any atom is -0.355 e. The van der Waals surface area contributed by atoms with E-state index in [4.69, 9.17) is 0 Å². The molecule has 4 rings (SSSR count). The second-order valence-corrected chi connectivity index (χ2v) is 6.61. The molecule has 0 bridgehead atoms. The Labute approximate surface area is 151 Å². The van der Waals surface area contributed by atoms with Crippen LogP contribution in [0.1, 0.15) is 18.5 Å². The van der Waals surface area contributed by atoms with Crippen LogP contribution in [-0.2, 0) is 6.54 Å². The molecule has 0 unspecified atom stereocenters. The van der Waals surface area contributed by atoms with Crippen LogP contribution in [0.3, 0.4) is 0 Å². The van der Waals surface area contributed by atoms with Crippen molar-refractivity contribution >= 4 is 5.82 Å². The van der Waals surface area contributed by atoms with E-state index in [1.165, 1.54) is 0 Å². The number of rotatable bonds is 4. The lowest BCUT2D eigenvalue weighted by Gasteiger charge is -2.32. The maximum Gasteiger partial charge on any atom is 0.266 e. The Kier molecular flexibility index (Phi) is 4.47. The lowest BCUT2D eigenvalue weighted by Crippen LogP contribution is -2.37. The van der Waals surface area contributed by atoms with Crippen LogP contribution < -0.4 is 10.5 Å². The van der Waals surface area contributed by atoms with Crippen molar-refractivity contribution in [1.29, 1.82) is 0 Å². The van der Waals surface area contributed by atoms with Gasteiger partial charge in [0.1, 0.15) is 5.82 Å². The van der Waals surface area contributed by atoms with Crippen LogP contribution in [0.4, 0.5) is 5.82 Å². The van der Waals surface area contributed by atoms with Crippen LogP contribution in [0, 0.1) is 12.8 Å². The van der Waals surface area contributed by atoms with Crippen LogP contribution in [0.5, 0.6) is 0 Å². The molecule has 0 aromatic carbocycles. The first kappa shape index (κ1) is 16.4. The van der Waals surface area contributed by atoms with Crippen molar-refractivity contribution in [2.45, 2.75) is 26.3 Å². The van der Waals surface area contributed by atoms with Crippen molar-refractivity contribution in [2.24, 2.45) is 5.92 Å².